The molecule has 8 heteroatoms. The van der Waals surface area contributed by atoms with Gasteiger partial charge in [-0.2, -0.15) is 0 Å². The van der Waals surface area contributed by atoms with Crippen LogP contribution in [0.2, 0.25) is 0 Å². The summed E-state index contributed by atoms with van der Waals surface area (Å²) in [6, 6.07) is 20.7. The first-order valence-corrected chi connectivity index (χ1v) is 11.4. The van der Waals surface area contributed by atoms with Crippen LogP contribution in [-0.2, 0) is 16.1 Å². The summed E-state index contributed by atoms with van der Waals surface area (Å²) in [6.07, 6.45) is 1.67. The van der Waals surface area contributed by atoms with E-state index in [1.165, 1.54) is 41.3 Å². The molecule has 172 valence electrons. The molecule has 0 aliphatic carbocycles. The van der Waals surface area contributed by atoms with Gasteiger partial charge in [0.2, 0.25) is 5.91 Å². The van der Waals surface area contributed by atoms with Gasteiger partial charge in [0.25, 0.3) is 5.91 Å². The van der Waals surface area contributed by atoms with Crippen LogP contribution < -0.4 is 10.2 Å². The molecule has 1 atom stereocenters. The Bertz CT molecular complexity index is 1240. The predicted octanol–water partition coefficient (Wildman–Crippen LogP) is 5.15. The highest BCUT2D eigenvalue weighted by Crippen LogP contribution is 2.31. The monoisotopic (exact) mass is 477 g/mol. The van der Waals surface area contributed by atoms with Crippen molar-refractivity contribution in [1.82, 2.24) is 5.32 Å². The fourth-order valence-electron chi connectivity index (χ4n) is 3.25. The normalized spacial score (nSPS) is 15.4. The second-order valence-electron chi connectivity index (χ2n) is 7.56. The third-order valence-corrected chi connectivity index (χ3v) is 6.10. The SMILES string of the molecule is CC(SC1=N/C(=C\c2ccccc2)C(=O)N1c1ccc(F)cc1)C(=O)NCc1ccc(F)cc1. The van der Waals surface area contributed by atoms with Crippen LogP contribution >= 0.6 is 11.8 Å². The summed E-state index contributed by atoms with van der Waals surface area (Å²) in [6.45, 7) is 1.95. The van der Waals surface area contributed by atoms with E-state index in [0.717, 1.165) is 22.9 Å². The predicted molar refractivity (Wildman–Crippen MR) is 131 cm³/mol. The number of nitrogens with zero attached hydrogens (tertiary/aromatic N) is 2. The van der Waals surface area contributed by atoms with E-state index < -0.39 is 11.1 Å². The molecule has 1 aliphatic heterocycles. The van der Waals surface area contributed by atoms with Gasteiger partial charge in [-0.1, -0.05) is 54.2 Å². The highest BCUT2D eigenvalue weighted by Gasteiger charge is 2.34. The number of benzene rings is 3. The molecule has 2 amide bonds. The minimum absolute atomic E-state index is 0.219. The van der Waals surface area contributed by atoms with E-state index in [1.54, 1.807) is 25.1 Å². The highest BCUT2D eigenvalue weighted by atomic mass is 32.2. The van der Waals surface area contributed by atoms with Crippen LogP contribution in [0.1, 0.15) is 18.1 Å². The van der Waals surface area contributed by atoms with Crippen molar-refractivity contribution in [1.29, 1.82) is 0 Å². The molecule has 1 heterocycles. The molecule has 1 aliphatic rings. The average Bonchev–Trinajstić information content (AvgIpc) is 3.14. The summed E-state index contributed by atoms with van der Waals surface area (Å²) in [4.78, 5) is 31.8. The molecule has 1 unspecified atom stereocenters. The summed E-state index contributed by atoms with van der Waals surface area (Å²) in [5.74, 6) is -1.39. The molecule has 1 N–H and O–H groups in total. The fraction of sp³-hybridized carbons (Fsp3) is 0.115. The van der Waals surface area contributed by atoms with Crippen LogP contribution in [0.25, 0.3) is 6.08 Å². The van der Waals surface area contributed by atoms with E-state index in [0.29, 0.717) is 10.9 Å². The molecule has 0 bridgehead atoms. The number of hydrogen-bond acceptors (Lipinski definition) is 4. The number of hydrogen-bond donors (Lipinski definition) is 1. The zero-order valence-electron chi connectivity index (χ0n) is 18.2. The Kier molecular flexibility index (Phi) is 7.18. The number of carbonyl (C=O) groups excluding carboxylic acids is 2. The standard InChI is InChI=1S/C26H21F2N3O2S/c1-17(24(32)29-16-19-7-9-20(27)10-8-19)34-26-30-23(15-18-5-3-2-4-6-18)25(33)31(26)22-13-11-21(28)12-14-22/h2-15,17H,16H2,1H3,(H,29,32)/b23-15-. The number of amidine groups is 1. The lowest BCUT2D eigenvalue weighted by molar-refractivity contribution is -0.120. The molecule has 34 heavy (non-hydrogen) atoms. The highest BCUT2D eigenvalue weighted by molar-refractivity contribution is 8.15. The van der Waals surface area contributed by atoms with Crippen LogP contribution in [0.5, 0.6) is 0 Å². The second kappa shape index (κ2) is 10.4. The number of thioether (sulfide) groups is 1. The molecule has 4 rings (SSSR count). The van der Waals surface area contributed by atoms with Gasteiger partial charge < -0.3 is 5.32 Å². The number of amides is 2. The van der Waals surface area contributed by atoms with Crippen molar-refractivity contribution in [3.8, 4) is 0 Å². The van der Waals surface area contributed by atoms with Gasteiger partial charge in [0, 0.05) is 6.54 Å². The van der Waals surface area contributed by atoms with Crippen molar-refractivity contribution in [2.75, 3.05) is 4.90 Å². The first-order chi connectivity index (χ1) is 16.4. The topological polar surface area (TPSA) is 61.8 Å². The third kappa shape index (κ3) is 5.58. The molecule has 3 aromatic carbocycles. The largest absolute Gasteiger partial charge is 0.351 e. The zero-order valence-corrected chi connectivity index (χ0v) is 19.1. The van der Waals surface area contributed by atoms with Crippen molar-refractivity contribution in [2.45, 2.75) is 18.7 Å². The van der Waals surface area contributed by atoms with Gasteiger partial charge >= 0.3 is 0 Å². The van der Waals surface area contributed by atoms with E-state index >= 15 is 0 Å². The molecule has 3 aromatic rings. The molecular formula is C26H21F2N3O2S. The Labute approximate surface area is 200 Å². The maximum Gasteiger partial charge on any atom is 0.283 e. The van der Waals surface area contributed by atoms with E-state index in [2.05, 4.69) is 10.3 Å². The molecule has 0 saturated heterocycles. The molecule has 0 radical (unpaired) electrons. The van der Waals surface area contributed by atoms with Crippen LogP contribution in [0.15, 0.2) is 89.6 Å². The number of aliphatic imine (C=N–C) groups is 1. The summed E-state index contributed by atoms with van der Waals surface area (Å²) in [5.41, 5.74) is 2.25. The van der Waals surface area contributed by atoms with Crippen molar-refractivity contribution in [3.05, 3.63) is 107 Å². The number of nitrogens with one attached hydrogen (secondary N) is 1. The maximum absolute atomic E-state index is 13.5. The zero-order chi connectivity index (χ0) is 24.1. The Morgan fingerprint density at radius 1 is 1.00 bits per heavy atom. The quantitative estimate of drug-likeness (QED) is 0.500. The van der Waals surface area contributed by atoms with E-state index in [1.807, 2.05) is 30.3 Å². The first kappa shape index (κ1) is 23.4. The first-order valence-electron chi connectivity index (χ1n) is 10.5. The minimum atomic E-state index is -0.578. The van der Waals surface area contributed by atoms with Crippen LogP contribution in [0.4, 0.5) is 14.5 Å². The van der Waals surface area contributed by atoms with Gasteiger partial charge in [0.15, 0.2) is 5.17 Å². The lowest BCUT2D eigenvalue weighted by Gasteiger charge is -2.20. The van der Waals surface area contributed by atoms with Gasteiger partial charge in [0.1, 0.15) is 17.3 Å². The summed E-state index contributed by atoms with van der Waals surface area (Å²) < 4.78 is 26.6. The maximum atomic E-state index is 13.5. The van der Waals surface area contributed by atoms with E-state index in [4.69, 9.17) is 0 Å². The molecule has 0 fully saturated rings. The summed E-state index contributed by atoms with van der Waals surface area (Å²) in [5, 5.41) is 2.56. The average molecular weight is 478 g/mol. The Morgan fingerprint density at radius 3 is 2.26 bits per heavy atom. The molecule has 0 aromatic heterocycles. The number of rotatable bonds is 6. The Balaban J connectivity index is 1.54. The second-order valence-corrected chi connectivity index (χ2v) is 8.86. The van der Waals surface area contributed by atoms with Crippen molar-refractivity contribution in [2.24, 2.45) is 4.99 Å². The van der Waals surface area contributed by atoms with Gasteiger partial charge in [-0.3, -0.25) is 14.5 Å². The molecule has 5 nitrogen and oxygen atoms in total. The van der Waals surface area contributed by atoms with Crippen molar-refractivity contribution in [3.63, 3.8) is 0 Å². The van der Waals surface area contributed by atoms with Crippen molar-refractivity contribution < 1.29 is 18.4 Å². The van der Waals surface area contributed by atoms with Gasteiger partial charge in [-0.25, -0.2) is 13.8 Å². The molecule has 0 saturated carbocycles. The fourth-order valence-corrected chi connectivity index (χ4v) is 4.20. The van der Waals surface area contributed by atoms with Gasteiger partial charge in [-0.05, 0) is 60.5 Å². The lowest BCUT2D eigenvalue weighted by Crippen LogP contribution is -2.35. The van der Waals surface area contributed by atoms with Crippen LogP contribution in [0.3, 0.4) is 0 Å². The smallest absolute Gasteiger partial charge is 0.283 e. The summed E-state index contributed by atoms with van der Waals surface area (Å²) in [7, 11) is 0. The van der Waals surface area contributed by atoms with E-state index in [9.17, 15) is 18.4 Å². The lowest BCUT2D eigenvalue weighted by atomic mass is 10.2. The number of halogens is 2. The number of anilines is 1. The van der Waals surface area contributed by atoms with Gasteiger partial charge in [-0.15, -0.1) is 0 Å². The number of carbonyl (C=O) groups is 2. The minimum Gasteiger partial charge on any atom is -0.351 e. The molecular weight excluding hydrogens is 456 g/mol. The van der Waals surface area contributed by atoms with E-state index in [-0.39, 0.29) is 29.9 Å². The molecule has 0 spiro atoms. The Hall–Kier alpha value is -3.78. The van der Waals surface area contributed by atoms with Crippen LogP contribution in [0, 0.1) is 11.6 Å². The van der Waals surface area contributed by atoms with Gasteiger partial charge in [0.05, 0.1) is 10.9 Å². The van der Waals surface area contributed by atoms with Crippen LogP contribution in [-0.4, -0.2) is 22.2 Å². The Morgan fingerprint density at radius 2 is 1.62 bits per heavy atom. The van der Waals surface area contributed by atoms with Crippen molar-refractivity contribution >= 4 is 40.5 Å². The third-order valence-electron chi connectivity index (χ3n) is 5.05. The summed E-state index contributed by atoms with van der Waals surface area (Å²) >= 11 is 1.13.